The van der Waals surface area contributed by atoms with E-state index in [0.29, 0.717) is 0 Å². The third kappa shape index (κ3) is 3.92. The van der Waals surface area contributed by atoms with E-state index in [1.54, 1.807) is 0 Å². The summed E-state index contributed by atoms with van der Waals surface area (Å²) in [5.41, 5.74) is 0. The minimum absolute atomic E-state index is 0.111. The lowest BCUT2D eigenvalue weighted by atomic mass is 10.1. The van der Waals surface area contributed by atoms with Crippen molar-refractivity contribution in [1.29, 1.82) is 0 Å². The molecule has 0 aliphatic rings. The van der Waals surface area contributed by atoms with Gasteiger partial charge in [0.05, 0.1) is 6.10 Å². The maximum Gasteiger partial charge on any atom is 0.463 e. The molecule has 0 radical (unpaired) electrons. The zero-order valence-electron chi connectivity index (χ0n) is 8.61. The molecule has 16 heavy (non-hydrogen) atoms. The van der Waals surface area contributed by atoms with E-state index in [2.05, 4.69) is 0 Å². The molecule has 0 aromatic rings. The molecule has 2 unspecified atom stereocenters. The van der Waals surface area contributed by atoms with Crippen LogP contribution in [0.3, 0.4) is 0 Å². The van der Waals surface area contributed by atoms with E-state index < -0.39 is 30.2 Å². The summed E-state index contributed by atoms with van der Waals surface area (Å²) in [4.78, 5) is 10.6. The molecule has 0 spiro atoms. The SMILES string of the molecule is CC(O)CC(C)NC(=O)C(F)(F)C(F)(F)F. The standard InChI is InChI=1S/C8H12F5NO2/c1-4(3-5(2)15)14-6(16)7(9,10)8(11,12)13/h4-5,15H,3H2,1-2H3,(H,14,16). The van der Waals surface area contributed by atoms with Crippen LogP contribution in [-0.4, -0.2) is 35.3 Å². The van der Waals surface area contributed by atoms with E-state index in [0.717, 1.165) is 0 Å². The van der Waals surface area contributed by atoms with Crippen LogP contribution in [0.5, 0.6) is 0 Å². The van der Waals surface area contributed by atoms with Gasteiger partial charge < -0.3 is 10.4 Å². The van der Waals surface area contributed by atoms with E-state index in [1.165, 1.54) is 19.2 Å². The predicted octanol–water partition coefficient (Wildman–Crippen LogP) is 1.46. The lowest BCUT2D eigenvalue weighted by Gasteiger charge is -2.22. The Labute approximate surface area is 88.6 Å². The van der Waals surface area contributed by atoms with Gasteiger partial charge in [-0.3, -0.25) is 4.79 Å². The molecule has 0 aromatic carbocycles. The molecular weight excluding hydrogens is 237 g/mol. The van der Waals surface area contributed by atoms with E-state index >= 15 is 0 Å². The van der Waals surface area contributed by atoms with Crippen molar-refractivity contribution in [3.63, 3.8) is 0 Å². The first-order valence-electron chi connectivity index (χ1n) is 4.42. The molecule has 0 aromatic heterocycles. The Hall–Kier alpha value is -0.920. The Balaban J connectivity index is 4.47. The molecule has 3 nitrogen and oxygen atoms in total. The summed E-state index contributed by atoms with van der Waals surface area (Å²) >= 11 is 0. The van der Waals surface area contributed by atoms with Gasteiger partial charge in [0.1, 0.15) is 0 Å². The molecule has 2 N–H and O–H groups in total. The number of halogens is 5. The van der Waals surface area contributed by atoms with Crippen LogP contribution in [0.25, 0.3) is 0 Å². The molecule has 0 heterocycles. The highest BCUT2D eigenvalue weighted by molar-refractivity contribution is 5.84. The van der Waals surface area contributed by atoms with Crippen molar-refractivity contribution >= 4 is 5.91 Å². The third-order valence-corrected chi connectivity index (χ3v) is 1.71. The second-order valence-electron chi connectivity index (χ2n) is 3.53. The van der Waals surface area contributed by atoms with Crippen molar-refractivity contribution in [1.82, 2.24) is 5.32 Å². The van der Waals surface area contributed by atoms with Gasteiger partial charge in [0.2, 0.25) is 0 Å². The highest BCUT2D eigenvalue weighted by Crippen LogP contribution is 2.35. The van der Waals surface area contributed by atoms with Crippen molar-refractivity contribution in [3.8, 4) is 0 Å². The molecule has 0 aliphatic carbocycles. The Morgan fingerprint density at radius 3 is 2.00 bits per heavy atom. The van der Waals surface area contributed by atoms with E-state index in [9.17, 15) is 26.7 Å². The molecule has 0 saturated heterocycles. The number of rotatable bonds is 4. The minimum Gasteiger partial charge on any atom is -0.393 e. The zero-order valence-corrected chi connectivity index (χ0v) is 8.61. The fourth-order valence-electron chi connectivity index (χ4n) is 1.01. The van der Waals surface area contributed by atoms with Gasteiger partial charge in [-0.1, -0.05) is 0 Å². The first-order valence-corrected chi connectivity index (χ1v) is 4.42. The molecule has 1 amide bonds. The van der Waals surface area contributed by atoms with Crippen molar-refractivity contribution in [2.45, 2.75) is 44.5 Å². The number of amides is 1. The van der Waals surface area contributed by atoms with Crippen LogP contribution in [0.15, 0.2) is 0 Å². The topological polar surface area (TPSA) is 49.3 Å². The van der Waals surface area contributed by atoms with E-state index in [1.807, 2.05) is 0 Å². The van der Waals surface area contributed by atoms with Crippen LogP contribution in [0, 0.1) is 0 Å². The zero-order chi connectivity index (χ0) is 13.1. The van der Waals surface area contributed by atoms with E-state index in [4.69, 9.17) is 5.11 Å². The lowest BCUT2D eigenvalue weighted by molar-refractivity contribution is -0.270. The number of nitrogens with one attached hydrogen (secondary N) is 1. The molecule has 0 fully saturated rings. The molecule has 2 atom stereocenters. The second-order valence-corrected chi connectivity index (χ2v) is 3.53. The van der Waals surface area contributed by atoms with Gasteiger partial charge in [-0.15, -0.1) is 0 Å². The number of aliphatic hydroxyl groups excluding tert-OH is 1. The van der Waals surface area contributed by atoms with Crippen LogP contribution >= 0.6 is 0 Å². The molecular formula is C8H12F5NO2. The quantitative estimate of drug-likeness (QED) is 0.741. The molecule has 0 aliphatic heterocycles. The maximum atomic E-state index is 12.4. The van der Waals surface area contributed by atoms with Crippen LogP contribution in [0.1, 0.15) is 20.3 Å². The summed E-state index contributed by atoms with van der Waals surface area (Å²) in [6, 6.07) is -0.972. The third-order valence-electron chi connectivity index (χ3n) is 1.71. The van der Waals surface area contributed by atoms with Crippen LogP contribution in [0.4, 0.5) is 22.0 Å². The highest BCUT2D eigenvalue weighted by Gasteiger charge is 2.63. The van der Waals surface area contributed by atoms with Gasteiger partial charge in [0.25, 0.3) is 0 Å². The number of carbonyl (C=O) groups excluding carboxylic acids is 1. The largest absolute Gasteiger partial charge is 0.463 e. The first kappa shape index (κ1) is 15.1. The van der Waals surface area contributed by atoms with Crippen molar-refractivity contribution in [2.75, 3.05) is 0 Å². The van der Waals surface area contributed by atoms with Gasteiger partial charge >= 0.3 is 18.0 Å². The Bertz CT molecular complexity index is 251. The Morgan fingerprint density at radius 2 is 1.69 bits per heavy atom. The molecule has 0 rings (SSSR count). The van der Waals surface area contributed by atoms with E-state index in [-0.39, 0.29) is 6.42 Å². The van der Waals surface area contributed by atoms with Gasteiger partial charge in [-0.2, -0.15) is 22.0 Å². The second kappa shape index (κ2) is 4.94. The Morgan fingerprint density at radius 1 is 1.25 bits per heavy atom. The predicted molar refractivity (Wildman–Crippen MR) is 44.9 cm³/mol. The van der Waals surface area contributed by atoms with Gasteiger partial charge in [-0.05, 0) is 20.3 Å². The lowest BCUT2D eigenvalue weighted by Crippen LogP contribution is -2.52. The molecule has 0 bridgehead atoms. The van der Waals surface area contributed by atoms with Crippen molar-refractivity contribution in [2.24, 2.45) is 0 Å². The number of aliphatic hydroxyl groups is 1. The summed E-state index contributed by atoms with van der Waals surface area (Å²) < 4.78 is 60.1. The minimum atomic E-state index is -5.92. The molecule has 0 saturated carbocycles. The van der Waals surface area contributed by atoms with Crippen LogP contribution < -0.4 is 5.32 Å². The van der Waals surface area contributed by atoms with Crippen molar-refractivity contribution < 1.29 is 31.9 Å². The maximum absolute atomic E-state index is 12.4. The molecule has 96 valence electrons. The number of hydrogen-bond donors (Lipinski definition) is 2. The Kier molecular flexibility index (Phi) is 4.66. The fourth-order valence-corrected chi connectivity index (χ4v) is 1.01. The summed E-state index contributed by atoms with van der Waals surface area (Å²) in [6.45, 7) is 2.54. The summed E-state index contributed by atoms with van der Waals surface area (Å²) in [5.74, 6) is -7.83. The van der Waals surface area contributed by atoms with Gasteiger partial charge in [0.15, 0.2) is 0 Å². The average Bonchev–Trinajstić information content (AvgIpc) is 1.99. The number of carbonyl (C=O) groups is 1. The molecule has 8 heteroatoms. The summed E-state index contributed by atoms with van der Waals surface area (Å²) in [6.07, 6.45) is -6.93. The number of hydrogen-bond acceptors (Lipinski definition) is 2. The highest BCUT2D eigenvalue weighted by atomic mass is 19.4. The summed E-state index contributed by atoms with van der Waals surface area (Å²) in [5, 5.41) is 10.3. The smallest absolute Gasteiger partial charge is 0.393 e. The number of alkyl halides is 5. The normalized spacial score (nSPS) is 16.8. The fraction of sp³-hybridized carbons (Fsp3) is 0.875. The van der Waals surface area contributed by atoms with Crippen molar-refractivity contribution in [3.05, 3.63) is 0 Å². The van der Waals surface area contributed by atoms with Gasteiger partial charge in [-0.25, -0.2) is 0 Å². The monoisotopic (exact) mass is 249 g/mol. The van der Waals surface area contributed by atoms with Crippen LogP contribution in [0.2, 0.25) is 0 Å². The van der Waals surface area contributed by atoms with Gasteiger partial charge in [0, 0.05) is 6.04 Å². The average molecular weight is 249 g/mol. The first-order chi connectivity index (χ1) is 6.98. The van der Waals surface area contributed by atoms with Crippen LogP contribution in [-0.2, 0) is 4.79 Å². The summed E-state index contributed by atoms with van der Waals surface area (Å²) in [7, 11) is 0.